The summed E-state index contributed by atoms with van der Waals surface area (Å²) in [5.74, 6) is 0.794. The predicted octanol–water partition coefficient (Wildman–Crippen LogP) is 6.00. The molecule has 0 radical (unpaired) electrons. The van der Waals surface area contributed by atoms with Crippen molar-refractivity contribution in [1.29, 1.82) is 0 Å². The Balaban J connectivity index is 1.57. The van der Waals surface area contributed by atoms with E-state index in [1.54, 1.807) is 12.5 Å². The standard InChI is InChI=1S/C23H18ClN5/c1-14(15-4-2-5-17(24)10-15)29-23-19-11-16(7-8-21(19)27-13-28-23)20-12-26-22-18(20)6-3-9-25-22/h2-14H,1H3,(H,25,26)(H,27,28,29)/t14-/m1/s1. The number of aromatic amines is 1. The molecule has 29 heavy (non-hydrogen) atoms. The number of nitrogens with zero attached hydrogens (tertiary/aromatic N) is 3. The molecule has 0 saturated heterocycles. The van der Waals surface area contributed by atoms with E-state index >= 15 is 0 Å². The topological polar surface area (TPSA) is 66.5 Å². The number of nitrogens with one attached hydrogen (secondary N) is 2. The molecule has 0 saturated carbocycles. The Labute approximate surface area is 172 Å². The average molecular weight is 400 g/mol. The molecule has 0 unspecified atom stereocenters. The van der Waals surface area contributed by atoms with Crippen molar-refractivity contribution in [1.82, 2.24) is 19.9 Å². The highest BCUT2D eigenvalue weighted by Crippen LogP contribution is 2.32. The van der Waals surface area contributed by atoms with E-state index in [4.69, 9.17) is 11.6 Å². The Morgan fingerprint density at radius 3 is 2.79 bits per heavy atom. The molecular formula is C23H18ClN5. The van der Waals surface area contributed by atoms with Crippen LogP contribution in [0.15, 0.2) is 73.3 Å². The van der Waals surface area contributed by atoms with Crippen LogP contribution in [-0.2, 0) is 0 Å². The maximum Gasteiger partial charge on any atom is 0.137 e. The van der Waals surface area contributed by atoms with Gasteiger partial charge in [-0.2, -0.15) is 0 Å². The van der Waals surface area contributed by atoms with Crippen molar-refractivity contribution >= 4 is 39.4 Å². The third-order valence-electron chi connectivity index (χ3n) is 5.10. The fraction of sp³-hybridized carbons (Fsp3) is 0.0870. The second kappa shape index (κ2) is 7.18. The Morgan fingerprint density at radius 2 is 1.90 bits per heavy atom. The largest absolute Gasteiger partial charge is 0.363 e. The number of fused-ring (bicyclic) bond motifs is 2. The fourth-order valence-electron chi connectivity index (χ4n) is 3.60. The molecule has 5 aromatic rings. The third-order valence-corrected chi connectivity index (χ3v) is 5.33. The first-order valence-corrected chi connectivity index (χ1v) is 9.76. The highest BCUT2D eigenvalue weighted by Gasteiger charge is 2.12. The second-order valence-electron chi connectivity index (χ2n) is 6.98. The van der Waals surface area contributed by atoms with Gasteiger partial charge in [-0.25, -0.2) is 15.0 Å². The summed E-state index contributed by atoms with van der Waals surface area (Å²) >= 11 is 6.15. The maximum absolute atomic E-state index is 6.15. The van der Waals surface area contributed by atoms with E-state index in [0.29, 0.717) is 0 Å². The molecule has 6 heteroatoms. The van der Waals surface area contributed by atoms with Crippen LogP contribution in [0.4, 0.5) is 5.82 Å². The molecule has 142 valence electrons. The minimum absolute atomic E-state index is 0.0488. The van der Waals surface area contributed by atoms with Gasteiger partial charge in [-0.15, -0.1) is 0 Å². The summed E-state index contributed by atoms with van der Waals surface area (Å²) in [6, 6.07) is 18.1. The van der Waals surface area contributed by atoms with Gasteiger partial charge in [0, 0.05) is 33.8 Å². The molecule has 2 aromatic carbocycles. The highest BCUT2D eigenvalue weighted by molar-refractivity contribution is 6.30. The zero-order valence-electron chi connectivity index (χ0n) is 15.7. The molecule has 0 amide bonds. The molecular weight excluding hydrogens is 382 g/mol. The van der Waals surface area contributed by atoms with Gasteiger partial charge >= 0.3 is 0 Å². The van der Waals surface area contributed by atoms with Crippen LogP contribution in [0.2, 0.25) is 5.02 Å². The van der Waals surface area contributed by atoms with Gasteiger partial charge in [-0.05, 0) is 54.4 Å². The predicted molar refractivity (Wildman–Crippen MR) is 118 cm³/mol. The lowest BCUT2D eigenvalue weighted by Gasteiger charge is -2.16. The van der Waals surface area contributed by atoms with Gasteiger partial charge in [0.05, 0.1) is 11.6 Å². The van der Waals surface area contributed by atoms with E-state index in [2.05, 4.69) is 56.4 Å². The summed E-state index contributed by atoms with van der Waals surface area (Å²) in [5, 5.41) is 6.29. The lowest BCUT2D eigenvalue weighted by molar-refractivity contribution is 0.876. The Morgan fingerprint density at radius 1 is 0.966 bits per heavy atom. The number of H-pyrrole nitrogens is 1. The average Bonchev–Trinajstić information content (AvgIpc) is 3.18. The minimum atomic E-state index is 0.0488. The lowest BCUT2D eigenvalue weighted by Crippen LogP contribution is -2.08. The molecule has 5 rings (SSSR count). The van der Waals surface area contributed by atoms with Crippen molar-refractivity contribution in [3.05, 3.63) is 83.9 Å². The van der Waals surface area contributed by atoms with E-state index < -0.39 is 0 Å². The molecule has 5 nitrogen and oxygen atoms in total. The monoisotopic (exact) mass is 399 g/mol. The second-order valence-corrected chi connectivity index (χ2v) is 7.41. The van der Waals surface area contributed by atoms with Gasteiger partial charge in [0.1, 0.15) is 17.8 Å². The number of hydrogen-bond acceptors (Lipinski definition) is 4. The van der Waals surface area contributed by atoms with E-state index in [9.17, 15) is 0 Å². The number of benzene rings is 2. The van der Waals surface area contributed by atoms with Crippen LogP contribution in [0.5, 0.6) is 0 Å². The van der Waals surface area contributed by atoms with Crippen molar-refractivity contribution in [3.63, 3.8) is 0 Å². The highest BCUT2D eigenvalue weighted by atomic mass is 35.5. The Bertz CT molecular complexity index is 1330. The number of halogens is 1. The quantitative estimate of drug-likeness (QED) is 0.389. The number of rotatable bonds is 4. The summed E-state index contributed by atoms with van der Waals surface area (Å²) < 4.78 is 0. The van der Waals surface area contributed by atoms with Gasteiger partial charge < -0.3 is 10.3 Å². The van der Waals surface area contributed by atoms with Crippen LogP contribution in [0, 0.1) is 0 Å². The van der Waals surface area contributed by atoms with Gasteiger partial charge in [-0.1, -0.05) is 29.8 Å². The van der Waals surface area contributed by atoms with Crippen LogP contribution in [0.25, 0.3) is 33.1 Å². The zero-order valence-corrected chi connectivity index (χ0v) is 16.5. The van der Waals surface area contributed by atoms with Gasteiger partial charge in [0.25, 0.3) is 0 Å². The first-order valence-electron chi connectivity index (χ1n) is 9.38. The Kier molecular flexibility index (Phi) is 4.37. The Hall–Kier alpha value is -3.44. The molecule has 1 atom stereocenters. The molecule has 3 heterocycles. The molecule has 0 aliphatic rings. The molecule has 0 fully saturated rings. The van der Waals surface area contributed by atoms with Crippen LogP contribution >= 0.6 is 11.6 Å². The number of hydrogen-bond donors (Lipinski definition) is 2. The van der Waals surface area contributed by atoms with Crippen molar-refractivity contribution in [3.8, 4) is 11.1 Å². The fourth-order valence-corrected chi connectivity index (χ4v) is 3.80. The SMILES string of the molecule is C[C@@H](Nc1ncnc2ccc(-c3c[nH]c4ncccc34)cc12)c1cccc(Cl)c1. The van der Waals surface area contributed by atoms with Crippen molar-refractivity contribution in [2.75, 3.05) is 5.32 Å². The molecule has 0 aliphatic heterocycles. The van der Waals surface area contributed by atoms with Gasteiger partial charge in [0.15, 0.2) is 0 Å². The number of anilines is 1. The van der Waals surface area contributed by atoms with E-state index in [1.165, 1.54) is 0 Å². The third kappa shape index (κ3) is 3.30. The molecule has 3 aromatic heterocycles. The first-order chi connectivity index (χ1) is 14.2. The van der Waals surface area contributed by atoms with Crippen molar-refractivity contribution in [2.45, 2.75) is 13.0 Å². The summed E-state index contributed by atoms with van der Waals surface area (Å²) in [6.07, 6.45) is 5.37. The lowest BCUT2D eigenvalue weighted by atomic mass is 10.0. The number of pyridine rings is 1. The summed E-state index contributed by atoms with van der Waals surface area (Å²) in [7, 11) is 0. The molecule has 0 bridgehead atoms. The maximum atomic E-state index is 6.15. The van der Waals surface area contributed by atoms with Crippen LogP contribution in [0.1, 0.15) is 18.5 Å². The molecule has 0 aliphatic carbocycles. The molecule has 2 N–H and O–H groups in total. The first kappa shape index (κ1) is 17.6. The summed E-state index contributed by atoms with van der Waals surface area (Å²) in [5.41, 5.74) is 5.06. The van der Waals surface area contributed by atoms with E-state index in [0.717, 1.165) is 49.5 Å². The van der Waals surface area contributed by atoms with Crippen molar-refractivity contribution in [2.24, 2.45) is 0 Å². The number of aromatic nitrogens is 4. The van der Waals surface area contributed by atoms with Gasteiger partial charge in [-0.3, -0.25) is 0 Å². The van der Waals surface area contributed by atoms with Crippen LogP contribution < -0.4 is 5.32 Å². The minimum Gasteiger partial charge on any atom is -0.363 e. The smallest absolute Gasteiger partial charge is 0.137 e. The van der Waals surface area contributed by atoms with Crippen LogP contribution in [-0.4, -0.2) is 19.9 Å². The van der Waals surface area contributed by atoms with E-state index in [1.807, 2.05) is 36.5 Å². The summed E-state index contributed by atoms with van der Waals surface area (Å²) in [6.45, 7) is 2.09. The van der Waals surface area contributed by atoms with E-state index in [-0.39, 0.29) is 6.04 Å². The zero-order chi connectivity index (χ0) is 19.8. The van der Waals surface area contributed by atoms with Crippen molar-refractivity contribution < 1.29 is 0 Å². The molecule has 0 spiro atoms. The van der Waals surface area contributed by atoms with Gasteiger partial charge in [0.2, 0.25) is 0 Å². The summed E-state index contributed by atoms with van der Waals surface area (Å²) in [4.78, 5) is 16.6. The van der Waals surface area contributed by atoms with Crippen LogP contribution in [0.3, 0.4) is 0 Å². The normalized spacial score (nSPS) is 12.3.